The summed E-state index contributed by atoms with van der Waals surface area (Å²) in [5.74, 6) is -0.410. The quantitative estimate of drug-likeness (QED) is 0.446. The van der Waals surface area contributed by atoms with Crippen molar-refractivity contribution in [1.82, 2.24) is 15.5 Å². The molecule has 0 aliphatic heterocycles. The van der Waals surface area contributed by atoms with Crippen LogP contribution < -0.4 is 16.0 Å². The molecule has 0 radical (unpaired) electrons. The Morgan fingerprint density at radius 3 is 2.60 bits per heavy atom. The number of hydrogen-bond acceptors (Lipinski definition) is 7. The van der Waals surface area contributed by atoms with E-state index in [4.69, 9.17) is 0 Å². The molecule has 3 aromatic rings. The first-order valence-corrected chi connectivity index (χ1v) is 10.8. The van der Waals surface area contributed by atoms with Crippen molar-refractivity contribution in [3.8, 4) is 0 Å². The van der Waals surface area contributed by atoms with Gasteiger partial charge in [0.2, 0.25) is 16.9 Å². The standard InChI is InChI=1S/C20H20FN5O2S2/c1-12(14-6-8-15(21)9-7-14)22-18(28)11-29-20-26-25-19(30-20)24-17-5-3-4-16(10-17)23-13(2)27/h3-10,12H,11H2,1-2H3,(H,22,28)(H,23,27)(H,24,25). The summed E-state index contributed by atoms with van der Waals surface area (Å²) in [4.78, 5) is 23.4. The predicted octanol–water partition coefficient (Wildman–Crippen LogP) is 4.35. The van der Waals surface area contributed by atoms with E-state index in [1.807, 2.05) is 19.1 Å². The van der Waals surface area contributed by atoms with Gasteiger partial charge in [0.05, 0.1) is 11.8 Å². The molecule has 0 saturated heterocycles. The predicted molar refractivity (Wildman–Crippen MR) is 118 cm³/mol. The van der Waals surface area contributed by atoms with Crippen molar-refractivity contribution in [2.24, 2.45) is 0 Å². The first-order valence-electron chi connectivity index (χ1n) is 9.05. The van der Waals surface area contributed by atoms with E-state index in [0.29, 0.717) is 15.2 Å². The van der Waals surface area contributed by atoms with Crippen molar-refractivity contribution in [3.63, 3.8) is 0 Å². The van der Waals surface area contributed by atoms with Crippen LogP contribution in [0, 0.1) is 5.82 Å². The van der Waals surface area contributed by atoms with Crippen molar-refractivity contribution in [3.05, 3.63) is 59.9 Å². The number of rotatable bonds is 8. The Kier molecular flexibility index (Phi) is 7.36. The molecule has 2 aromatic carbocycles. The highest BCUT2D eigenvalue weighted by molar-refractivity contribution is 8.01. The molecule has 0 bridgehead atoms. The molecule has 3 N–H and O–H groups in total. The van der Waals surface area contributed by atoms with Crippen LogP contribution in [-0.4, -0.2) is 27.8 Å². The minimum atomic E-state index is -0.310. The number of anilines is 3. The molecule has 1 aromatic heterocycles. The Labute approximate surface area is 181 Å². The number of hydrogen-bond donors (Lipinski definition) is 3. The van der Waals surface area contributed by atoms with Crippen LogP contribution in [0.25, 0.3) is 0 Å². The average Bonchev–Trinajstić information content (AvgIpc) is 3.14. The molecule has 0 fully saturated rings. The van der Waals surface area contributed by atoms with Gasteiger partial charge < -0.3 is 16.0 Å². The Bertz CT molecular complexity index is 1030. The Morgan fingerprint density at radius 2 is 1.87 bits per heavy atom. The molecule has 2 amide bonds. The first-order chi connectivity index (χ1) is 14.4. The maximum absolute atomic E-state index is 13.0. The van der Waals surface area contributed by atoms with Crippen LogP contribution in [-0.2, 0) is 9.59 Å². The number of nitrogens with one attached hydrogen (secondary N) is 3. The summed E-state index contributed by atoms with van der Waals surface area (Å²) in [7, 11) is 0. The van der Waals surface area contributed by atoms with Gasteiger partial charge in [-0.2, -0.15) is 0 Å². The Balaban J connectivity index is 1.50. The first kappa shape index (κ1) is 21.7. The molecule has 156 valence electrons. The monoisotopic (exact) mass is 445 g/mol. The van der Waals surface area contributed by atoms with Crippen molar-refractivity contribution in [1.29, 1.82) is 0 Å². The summed E-state index contributed by atoms with van der Waals surface area (Å²) in [5, 5.41) is 17.5. The van der Waals surface area contributed by atoms with Gasteiger partial charge in [-0.1, -0.05) is 41.3 Å². The van der Waals surface area contributed by atoms with E-state index in [-0.39, 0.29) is 29.4 Å². The van der Waals surface area contributed by atoms with Gasteiger partial charge in [0.25, 0.3) is 0 Å². The lowest BCUT2D eigenvalue weighted by atomic mass is 10.1. The molecule has 30 heavy (non-hydrogen) atoms. The summed E-state index contributed by atoms with van der Waals surface area (Å²) in [5.41, 5.74) is 2.28. The van der Waals surface area contributed by atoms with Gasteiger partial charge in [-0.3, -0.25) is 9.59 Å². The van der Waals surface area contributed by atoms with E-state index >= 15 is 0 Å². The third kappa shape index (κ3) is 6.53. The van der Waals surface area contributed by atoms with Crippen LogP contribution in [0.5, 0.6) is 0 Å². The Morgan fingerprint density at radius 1 is 1.13 bits per heavy atom. The van der Waals surface area contributed by atoms with Gasteiger partial charge >= 0.3 is 0 Å². The lowest BCUT2D eigenvalue weighted by Crippen LogP contribution is -2.28. The molecule has 7 nitrogen and oxygen atoms in total. The fourth-order valence-electron chi connectivity index (χ4n) is 2.57. The molecular weight excluding hydrogens is 425 g/mol. The SMILES string of the molecule is CC(=O)Nc1cccc(Nc2nnc(SCC(=O)NC(C)c3ccc(F)cc3)s2)c1. The highest BCUT2D eigenvalue weighted by atomic mass is 32.2. The zero-order valence-electron chi connectivity index (χ0n) is 16.3. The number of halogens is 1. The molecule has 0 spiro atoms. The van der Waals surface area contributed by atoms with E-state index < -0.39 is 0 Å². The smallest absolute Gasteiger partial charge is 0.230 e. The molecular formula is C20H20FN5O2S2. The van der Waals surface area contributed by atoms with Crippen LogP contribution in [0.1, 0.15) is 25.5 Å². The molecule has 1 heterocycles. The third-order valence-electron chi connectivity index (χ3n) is 3.91. The fraction of sp³-hybridized carbons (Fsp3) is 0.200. The number of thioether (sulfide) groups is 1. The lowest BCUT2D eigenvalue weighted by Gasteiger charge is -2.13. The van der Waals surface area contributed by atoms with Crippen LogP contribution in [0.4, 0.5) is 20.9 Å². The summed E-state index contributed by atoms with van der Waals surface area (Å²) in [6.45, 7) is 3.29. The maximum Gasteiger partial charge on any atom is 0.230 e. The van der Waals surface area contributed by atoms with Gasteiger partial charge in [0.1, 0.15) is 5.82 Å². The van der Waals surface area contributed by atoms with Gasteiger partial charge in [-0.15, -0.1) is 10.2 Å². The molecule has 0 saturated carbocycles. The van der Waals surface area contributed by atoms with Crippen LogP contribution in [0.15, 0.2) is 52.9 Å². The molecule has 10 heteroatoms. The minimum Gasteiger partial charge on any atom is -0.349 e. The molecule has 0 aliphatic carbocycles. The lowest BCUT2D eigenvalue weighted by molar-refractivity contribution is -0.119. The largest absolute Gasteiger partial charge is 0.349 e. The van der Waals surface area contributed by atoms with Gasteiger partial charge in [0, 0.05) is 18.3 Å². The highest BCUT2D eigenvalue weighted by Gasteiger charge is 2.12. The normalized spacial score (nSPS) is 11.6. The van der Waals surface area contributed by atoms with E-state index in [9.17, 15) is 14.0 Å². The van der Waals surface area contributed by atoms with E-state index in [1.54, 1.807) is 24.3 Å². The number of amides is 2. The molecule has 0 aliphatic rings. The highest BCUT2D eigenvalue weighted by Crippen LogP contribution is 2.28. The second kappa shape index (κ2) is 10.2. The van der Waals surface area contributed by atoms with Crippen LogP contribution >= 0.6 is 23.1 Å². The van der Waals surface area contributed by atoms with Crippen molar-refractivity contribution in [2.45, 2.75) is 24.2 Å². The molecule has 1 unspecified atom stereocenters. The summed E-state index contributed by atoms with van der Waals surface area (Å²) in [6.07, 6.45) is 0. The van der Waals surface area contributed by atoms with Crippen molar-refractivity contribution >= 4 is 51.4 Å². The van der Waals surface area contributed by atoms with Crippen molar-refractivity contribution < 1.29 is 14.0 Å². The zero-order valence-corrected chi connectivity index (χ0v) is 17.9. The van der Waals surface area contributed by atoms with Gasteiger partial charge in [0.15, 0.2) is 4.34 Å². The van der Waals surface area contributed by atoms with Crippen LogP contribution in [0.3, 0.4) is 0 Å². The van der Waals surface area contributed by atoms with Crippen LogP contribution in [0.2, 0.25) is 0 Å². The number of aromatic nitrogens is 2. The van der Waals surface area contributed by atoms with E-state index in [2.05, 4.69) is 26.1 Å². The third-order valence-corrected chi connectivity index (χ3v) is 5.89. The minimum absolute atomic E-state index is 0.145. The summed E-state index contributed by atoms with van der Waals surface area (Å²) >= 11 is 2.61. The number of nitrogens with zero attached hydrogens (tertiary/aromatic N) is 2. The average molecular weight is 446 g/mol. The van der Waals surface area contributed by atoms with Crippen molar-refractivity contribution in [2.75, 3.05) is 16.4 Å². The number of carbonyl (C=O) groups is 2. The number of carbonyl (C=O) groups excluding carboxylic acids is 2. The maximum atomic E-state index is 13.0. The fourth-order valence-corrected chi connectivity index (χ4v) is 4.15. The van der Waals surface area contributed by atoms with E-state index in [0.717, 1.165) is 11.3 Å². The zero-order chi connectivity index (χ0) is 21.5. The van der Waals surface area contributed by atoms with Gasteiger partial charge in [-0.05, 0) is 42.8 Å². The summed E-state index contributed by atoms with van der Waals surface area (Å²) in [6, 6.07) is 13.1. The second-order valence-corrected chi connectivity index (χ2v) is 8.59. The molecule has 3 rings (SSSR count). The number of benzene rings is 2. The Hall–Kier alpha value is -2.98. The van der Waals surface area contributed by atoms with Gasteiger partial charge in [-0.25, -0.2) is 4.39 Å². The van der Waals surface area contributed by atoms with E-state index in [1.165, 1.54) is 42.2 Å². The topological polar surface area (TPSA) is 96.0 Å². The molecule has 1 atom stereocenters. The second-order valence-electron chi connectivity index (χ2n) is 6.39. The summed E-state index contributed by atoms with van der Waals surface area (Å²) < 4.78 is 13.7.